The zero-order chi connectivity index (χ0) is 15.7. The van der Waals surface area contributed by atoms with Gasteiger partial charge in [-0.1, -0.05) is 41.9 Å². The van der Waals surface area contributed by atoms with Crippen molar-refractivity contribution in [2.24, 2.45) is 4.99 Å². The minimum absolute atomic E-state index is 0.00585. The number of sulfonamides is 1. The van der Waals surface area contributed by atoms with Crippen molar-refractivity contribution in [1.82, 2.24) is 9.71 Å². The van der Waals surface area contributed by atoms with Gasteiger partial charge in [0.25, 0.3) is 10.0 Å². The molecule has 2 N–H and O–H groups in total. The molecule has 0 amide bonds. The number of aliphatic imine (C=N–C) groups is 1. The monoisotopic (exact) mass is 336 g/mol. The molecule has 1 unspecified atom stereocenters. The van der Waals surface area contributed by atoms with Crippen LogP contribution in [0.15, 0.2) is 52.5 Å². The molecule has 0 radical (unpaired) electrons. The fourth-order valence-electron chi connectivity index (χ4n) is 2.10. The van der Waals surface area contributed by atoms with Crippen LogP contribution in [0.4, 0.5) is 5.82 Å². The molecule has 2 aromatic rings. The number of rotatable bonds is 2. The van der Waals surface area contributed by atoms with E-state index < -0.39 is 10.0 Å². The Bertz CT molecular complexity index is 837. The van der Waals surface area contributed by atoms with E-state index in [-0.39, 0.29) is 27.7 Å². The van der Waals surface area contributed by atoms with E-state index in [0.29, 0.717) is 0 Å². The fourth-order valence-corrected chi connectivity index (χ4v) is 3.43. The molecular formula is C14H13ClN4O2S. The first-order valence-electron chi connectivity index (χ1n) is 6.54. The number of hydrogen-bond acceptors (Lipinski definition) is 4. The lowest BCUT2D eigenvalue weighted by Crippen LogP contribution is -2.41. The van der Waals surface area contributed by atoms with Crippen LogP contribution in [0, 0.1) is 0 Å². The first-order chi connectivity index (χ1) is 10.5. The standard InChI is InChI=1S/C14H13ClN4O2S/c1-9(10-5-3-2-4-6-10)17-14-18-13-12(22(20,21)19-14)7-11(15)8-16-13/h2-9H,1H3,(H2,16,17,18,19). The number of nitrogens with zero attached hydrogens (tertiary/aromatic N) is 2. The molecule has 1 aromatic carbocycles. The van der Waals surface area contributed by atoms with Crippen molar-refractivity contribution in [2.75, 3.05) is 5.32 Å². The Morgan fingerprint density at radius 1 is 1.27 bits per heavy atom. The number of benzene rings is 1. The SMILES string of the molecule is CC(N=C1Nc2ncc(Cl)cc2S(=O)(=O)N1)c1ccccc1. The van der Waals surface area contributed by atoms with Gasteiger partial charge in [-0.3, -0.25) is 0 Å². The minimum Gasteiger partial charge on any atom is -0.309 e. The van der Waals surface area contributed by atoms with Crippen molar-refractivity contribution in [3.8, 4) is 0 Å². The van der Waals surface area contributed by atoms with Gasteiger partial charge >= 0.3 is 0 Å². The van der Waals surface area contributed by atoms with Gasteiger partial charge in [-0.25, -0.2) is 23.1 Å². The van der Waals surface area contributed by atoms with E-state index in [2.05, 4.69) is 20.0 Å². The Morgan fingerprint density at radius 2 is 2.00 bits per heavy atom. The van der Waals surface area contributed by atoms with Crippen LogP contribution in [0.1, 0.15) is 18.5 Å². The summed E-state index contributed by atoms with van der Waals surface area (Å²) in [6.07, 6.45) is 1.38. The summed E-state index contributed by atoms with van der Waals surface area (Å²) in [6, 6.07) is 10.7. The summed E-state index contributed by atoms with van der Waals surface area (Å²) >= 11 is 5.79. The van der Waals surface area contributed by atoms with Crippen molar-refractivity contribution in [2.45, 2.75) is 17.9 Å². The zero-order valence-corrected chi connectivity index (χ0v) is 13.2. The summed E-state index contributed by atoms with van der Waals surface area (Å²) in [6.45, 7) is 1.88. The molecule has 0 saturated heterocycles. The highest BCUT2D eigenvalue weighted by Gasteiger charge is 2.28. The molecule has 0 spiro atoms. The Balaban J connectivity index is 1.95. The summed E-state index contributed by atoms with van der Waals surface area (Å²) in [5.41, 5.74) is 0.978. The number of anilines is 1. The average Bonchev–Trinajstić information content (AvgIpc) is 2.48. The summed E-state index contributed by atoms with van der Waals surface area (Å²) in [5, 5.41) is 3.12. The third kappa shape index (κ3) is 2.90. The number of pyridine rings is 1. The molecule has 3 rings (SSSR count). The normalized spacial score (nSPS) is 18.9. The second-order valence-electron chi connectivity index (χ2n) is 4.80. The van der Waals surface area contributed by atoms with Gasteiger partial charge in [0.15, 0.2) is 5.82 Å². The lowest BCUT2D eigenvalue weighted by Gasteiger charge is -2.21. The van der Waals surface area contributed by atoms with Crippen LogP contribution < -0.4 is 10.0 Å². The molecule has 22 heavy (non-hydrogen) atoms. The highest BCUT2D eigenvalue weighted by atomic mass is 35.5. The number of nitrogens with one attached hydrogen (secondary N) is 2. The lowest BCUT2D eigenvalue weighted by atomic mass is 10.1. The van der Waals surface area contributed by atoms with E-state index in [1.807, 2.05) is 37.3 Å². The first-order valence-corrected chi connectivity index (χ1v) is 8.40. The van der Waals surface area contributed by atoms with Crippen LogP contribution in [0.3, 0.4) is 0 Å². The van der Waals surface area contributed by atoms with Crippen LogP contribution in [0.2, 0.25) is 5.02 Å². The van der Waals surface area contributed by atoms with Gasteiger partial charge in [0, 0.05) is 6.20 Å². The predicted molar refractivity (Wildman–Crippen MR) is 85.5 cm³/mol. The number of halogens is 1. The van der Waals surface area contributed by atoms with Crippen LogP contribution in [-0.4, -0.2) is 19.4 Å². The Labute approximate surface area is 133 Å². The van der Waals surface area contributed by atoms with Crippen molar-refractivity contribution in [3.05, 3.63) is 53.2 Å². The van der Waals surface area contributed by atoms with Gasteiger partial charge in [0.05, 0.1) is 11.1 Å². The third-order valence-corrected chi connectivity index (χ3v) is 4.74. The maximum Gasteiger partial charge on any atom is 0.267 e. The molecule has 1 aliphatic rings. The molecule has 0 saturated carbocycles. The van der Waals surface area contributed by atoms with Gasteiger partial charge in [0.2, 0.25) is 5.96 Å². The summed E-state index contributed by atoms with van der Waals surface area (Å²) < 4.78 is 26.8. The molecule has 6 nitrogen and oxygen atoms in total. The second-order valence-corrected chi connectivity index (χ2v) is 6.88. The fraction of sp³-hybridized carbons (Fsp3) is 0.143. The highest BCUT2D eigenvalue weighted by Crippen LogP contribution is 2.26. The largest absolute Gasteiger partial charge is 0.309 e. The topological polar surface area (TPSA) is 83.5 Å². The molecular weight excluding hydrogens is 324 g/mol. The molecule has 0 fully saturated rings. The summed E-state index contributed by atoms with van der Waals surface area (Å²) in [7, 11) is -3.73. The molecule has 1 aliphatic heterocycles. The van der Waals surface area contributed by atoms with E-state index in [9.17, 15) is 8.42 Å². The number of fused-ring (bicyclic) bond motifs is 1. The van der Waals surface area contributed by atoms with Crippen molar-refractivity contribution in [3.63, 3.8) is 0 Å². The van der Waals surface area contributed by atoms with Gasteiger partial charge in [-0.2, -0.15) is 0 Å². The van der Waals surface area contributed by atoms with E-state index in [0.717, 1.165) is 5.56 Å². The molecule has 1 aromatic heterocycles. The molecule has 1 atom stereocenters. The number of aromatic nitrogens is 1. The smallest absolute Gasteiger partial charge is 0.267 e. The van der Waals surface area contributed by atoms with Crippen molar-refractivity contribution >= 4 is 33.4 Å². The second kappa shape index (κ2) is 5.58. The quantitative estimate of drug-likeness (QED) is 0.882. The van der Waals surface area contributed by atoms with E-state index in [4.69, 9.17) is 11.6 Å². The molecule has 0 aliphatic carbocycles. The van der Waals surface area contributed by atoms with Crippen LogP contribution >= 0.6 is 11.6 Å². The van der Waals surface area contributed by atoms with Gasteiger partial charge in [-0.15, -0.1) is 0 Å². The Hall–Kier alpha value is -2.12. The number of hydrogen-bond donors (Lipinski definition) is 2. The van der Waals surface area contributed by atoms with Crippen LogP contribution in [0.5, 0.6) is 0 Å². The van der Waals surface area contributed by atoms with Crippen LogP contribution in [0.25, 0.3) is 0 Å². The lowest BCUT2D eigenvalue weighted by molar-refractivity contribution is 0.591. The average molecular weight is 337 g/mol. The highest BCUT2D eigenvalue weighted by molar-refractivity contribution is 7.90. The van der Waals surface area contributed by atoms with Gasteiger partial charge < -0.3 is 5.32 Å². The van der Waals surface area contributed by atoms with Crippen LogP contribution in [-0.2, 0) is 10.0 Å². The van der Waals surface area contributed by atoms with Crippen molar-refractivity contribution < 1.29 is 8.42 Å². The molecule has 0 bridgehead atoms. The number of guanidine groups is 1. The maximum absolute atomic E-state index is 12.2. The minimum atomic E-state index is -3.73. The molecule has 114 valence electrons. The van der Waals surface area contributed by atoms with E-state index in [1.165, 1.54) is 12.3 Å². The third-order valence-electron chi connectivity index (χ3n) is 3.18. The van der Waals surface area contributed by atoms with Crippen molar-refractivity contribution in [1.29, 1.82) is 0 Å². The van der Waals surface area contributed by atoms with Gasteiger partial charge in [-0.05, 0) is 18.6 Å². The molecule has 2 heterocycles. The molecule has 8 heteroatoms. The Morgan fingerprint density at radius 3 is 2.73 bits per heavy atom. The maximum atomic E-state index is 12.2. The first kappa shape index (κ1) is 14.8. The summed E-state index contributed by atoms with van der Waals surface area (Å²) in [5.74, 6) is 0.348. The van der Waals surface area contributed by atoms with E-state index >= 15 is 0 Å². The predicted octanol–water partition coefficient (Wildman–Crippen LogP) is 2.56. The zero-order valence-electron chi connectivity index (χ0n) is 11.6. The van der Waals surface area contributed by atoms with E-state index in [1.54, 1.807) is 0 Å². The Kier molecular flexibility index (Phi) is 3.76. The summed E-state index contributed by atoms with van der Waals surface area (Å²) in [4.78, 5) is 8.37. The van der Waals surface area contributed by atoms with Gasteiger partial charge in [0.1, 0.15) is 4.90 Å².